The summed E-state index contributed by atoms with van der Waals surface area (Å²) < 4.78 is 61.5. The molecular weight excluding hydrogens is 221 g/mol. The molecule has 1 heterocycles. The van der Waals surface area contributed by atoms with Gasteiger partial charge in [-0.1, -0.05) is 0 Å². The summed E-state index contributed by atoms with van der Waals surface area (Å²) in [5, 5.41) is 4.76. The Hall–Kier alpha value is -1.18. The number of aromatic nitrogens is 2. The highest BCUT2D eigenvalue weighted by atomic mass is 19.4. The van der Waals surface area contributed by atoms with Crippen molar-refractivity contribution in [2.75, 3.05) is 6.54 Å². The molecule has 1 unspecified atom stereocenters. The van der Waals surface area contributed by atoms with Crippen molar-refractivity contribution in [3.8, 4) is 0 Å². The van der Waals surface area contributed by atoms with Crippen molar-refractivity contribution < 1.29 is 22.0 Å². The van der Waals surface area contributed by atoms with Crippen molar-refractivity contribution in [2.45, 2.75) is 18.5 Å². The van der Waals surface area contributed by atoms with E-state index >= 15 is 0 Å². The van der Waals surface area contributed by atoms with Crippen LogP contribution in [0.1, 0.15) is 17.2 Å². The first-order valence-corrected chi connectivity index (χ1v) is 3.96. The Morgan fingerprint density at radius 3 is 2.40 bits per heavy atom. The molecule has 0 aliphatic carbocycles. The van der Waals surface area contributed by atoms with Gasteiger partial charge in [-0.05, 0) is 0 Å². The predicted octanol–water partition coefficient (Wildman–Crippen LogP) is 1.74. The van der Waals surface area contributed by atoms with Gasteiger partial charge in [0.05, 0.1) is 12.1 Å². The predicted molar refractivity (Wildman–Crippen MR) is 41.4 cm³/mol. The maximum atomic E-state index is 12.3. The van der Waals surface area contributed by atoms with E-state index in [1.165, 1.54) is 0 Å². The van der Waals surface area contributed by atoms with Crippen molar-refractivity contribution in [3.63, 3.8) is 0 Å². The van der Waals surface area contributed by atoms with Crippen molar-refractivity contribution in [2.24, 2.45) is 5.73 Å². The number of hydrogen-bond acceptors (Lipinski definition) is 2. The minimum atomic E-state index is -4.73. The molecule has 86 valence electrons. The van der Waals surface area contributed by atoms with E-state index in [1.54, 1.807) is 5.10 Å². The Balaban J connectivity index is 3.09. The smallest absolute Gasteiger partial charge is 0.330 e. The molecule has 8 heteroatoms. The van der Waals surface area contributed by atoms with Crippen LogP contribution in [0, 0.1) is 0 Å². The van der Waals surface area contributed by atoms with Gasteiger partial charge in [-0.3, -0.25) is 5.10 Å². The van der Waals surface area contributed by atoms with Crippen LogP contribution in [0.5, 0.6) is 0 Å². The summed E-state index contributed by atoms with van der Waals surface area (Å²) in [5.74, 6) is -1.65. The molecule has 1 aromatic heterocycles. The molecule has 0 radical (unpaired) electrons. The highest BCUT2D eigenvalue weighted by Crippen LogP contribution is 2.35. The zero-order valence-electron chi connectivity index (χ0n) is 7.35. The van der Waals surface area contributed by atoms with Crippen molar-refractivity contribution in [1.82, 2.24) is 10.2 Å². The Morgan fingerprint density at radius 2 is 2.00 bits per heavy atom. The average Bonchev–Trinajstić information content (AvgIpc) is 2.52. The lowest BCUT2D eigenvalue weighted by Gasteiger charge is -2.14. The number of aromatic amines is 1. The molecule has 0 saturated carbocycles. The second kappa shape index (κ2) is 4.13. The summed E-state index contributed by atoms with van der Waals surface area (Å²) in [4.78, 5) is 0. The fourth-order valence-corrected chi connectivity index (χ4v) is 1.17. The van der Waals surface area contributed by atoms with E-state index in [2.05, 4.69) is 5.10 Å². The second-order valence-electron chi connectivity index (χ2n) is 2.87. The van der Waals surface area contributed by atoms with E-state index in [1.807, 2.05) is 0 Å². The third-order valence-corrected chi connectivity index (χ3v) is 1.91. The van der Waals surface area contributed by atoms with Gasteiger partial charge in [-0.25, -0.2) is 8.78 Å². The molecule has 0 fully saturated rings. The molecule has 0 bridgehead atoms. The largest absolute Gasteiger partial charge is 0.433 e. The average molecular weight is 229 g/mol. The zero-order chi connectivity index (χ0) is 11.6. The van der Waals surface area contributed by atoms with Gasteiger partial charge < -0.3 is 5.73 Å². The zero-order valence-corrected chi connectivity index (χ0v) is 7.35. The summed E-state index contributed by atoms with van der Waals surface area (Å²) in [5.41, 5.74) is 3.13. The lowest BCUT2D eigenvalue weighted by atomic mass is 10.0. The molecule has 3 nitrogen and oxygen atoms in total. The molecule has 1 rings (SSSR count). The SMILES string of the molecule is NCC(c1cn[nH]c1C(F)(F)F)C(F)F. The molecule has 0 aromatic carbocycles. The normalized spacial score (nSPS) is 14.6. The highest BCUT2D eigenvalue weighted by molar-refractivity contribution is 5.24. The van der Waals surface area contributed by atoms with Gasteiger partial charge >= 0.3 is 6.18 Å². The van der Waals surface area contributed by atoms with E-state index in [0.29, 0.717) is 0 Å². The topological polar surface area (TPSA) is 54.7 Å². The molecule has 0 aliphatic rings. The number of alkyl halides is 5. The highest BCUT2D eigenvalue weighted by Gasteiger charge is 2.39. The van der Waals surface area contributed by atoms with E-state index in [0.717, 1.165) is 6.20 Å². The lowest BCUT2D eigenvalue weighted by molar-refractivity contribution is -0.142. The van der Waals surface area contributed by atoms with Gasteiger partial charge in [0.25, 0.3) is 0 Å². The first kappa shape index (κ1) is 11.9. The minimum Gasteiger partial charge on any atom is -0.330 e. The van der Waals surface area contributed by atoms with Crippen LogP contribution in [-0.2, 0) is 6.18 Å². The summed E-state index contributed by atoms with van der Waals surface area (Å²) in [6.45, 7) is -0.569. The minimum absolute atomic E-state index is 0.569. The lowest BCUT2D eigenvalue weighted by Crippen LogP contribution is -2.22. The van der Waals surface area contributed by atoms with E-state index < -0.39 is 36.3 Å². The maximum Gasteiger partial charge on any atom is 0.433 e. The molecule has 0 saturated heterocycles. The fraction of sp³-hybridized carbons (Fsp3) is 0.571. The summed E-state index contributed by atoms with van der Waals surface area (Å²) in [6.07, 6.45) is -6.95. The quantitative estimate of drug-likeness (QED) is 0.775. The Morgan fingerprint density at radius 1 is 1.40 bits per heavy atom. The van der Waals surface area contributed by atoms with E-state index in [9.17, 15) is 22.0 Å². The number of hydrogen-bond donors (Lipinski definition) is 2. The van der Waals surface area contributed by atoms with Crippen molar-refractivity contribution in [3.05, 3.63) is 17.5 Å². The number of rotatable bonds is 3. The molecular formula is C7H8F5N3. The Labute approximate surface area is 81.5 Å². The maximum absolute atomic E-state index is 12.3. The molecule has 1 aromatic rings. The van der Waals surface area contributed by atoms with Crippen LogP contribution in [0.2, 0.25) is 0 Å². The van der Waals surface area contributed by atoms with Gasteiger partial charge in [-0.2, -0.15) is 18.3 Å². The summed E-state index contributed by atoms with van der Waals surface area (Å²) in [6, 6.07) is 0. The molecule has 0 aliphatic heterocycles. The Bertz CT molecular complexity index is 319. The van der Waals surface area contributed by atoms with Crippen LogP contribution in [0.4, 0.5) is 22.0 Å². The summed E-state index contributed by atoms with van der Waals surface area (Å²) >= 11 is 0. The Kier molecular flexibility index (Phi) is 3.28. The van der Waals surface area contributed by atoms with E-state index in [-0.39, 0.29) is 0 Å². The van der Waals surface area contributed by atoms with Crippen LogP contribution in [-0.4, -0.2) is 23.2 Å². The number of nitrogens with zero attached hydrogens (tertiary/aromatic N) is 1. The van der Waals surface area contributed by atoms with Gasteiger partial charge in [0.15, 0.2) is 0 Å². The van der Waals surface area contributed by atoms with Crippen LogP contribution in [0.25, 0.3) is 0 Å². The number of nitrogens with two attached hydrogens (primary N) is 1. The van der Waals surface area contributed by atoms with Crippen LogP contribution >= 0.6 is 0 Å². The van der Waals surface area contributed by atoms with Gasteiger partial charge in [-0.15, -0.1) is 0 Å². The number of nitrogens with one attached hydrogen (secondary N) is 1. The monoisotopic (exact) mass is 229 g/mol. The van der Waals surface area contributed by atoms with E-state index in [4.69, 9.17) is 5.73 Å². The fourth-order valence-electron chi connectivity index (χ4n) is 1.17. The second-order valence-corrected chi connectivity index (χ2v) is 2.87. The van der Waals surface area contributed by atoms with Gasteiger partial charge in [0, 0.05) is 12.1 Å². The standard InChI is InChI=1S/C7H8F5N3/c8-6(9)3(1-13)4-2-14-15-5(4)7(10,11)12/h2-3,6H,1,13H2,(H,14,15). The number of H-pyrrole nitrogens is 1. The van der Waals surface area contributed by atoms with Crippen LogP contribution < -0.4 is 5.73 Å². The first-order valence-electron chi connectivity index (χ1n) is 3.96. The van der Waals surface area contributed by atoms with Crippen molar-refractivity contribution >= 4 is 0 Å². The van der Waals surface area contributed by atoms with Gasteiger partial charge in [0.1, 0.15) is 5.69 Å². The third kappa shape index (κ3) is 2.44. The molecule has 0 spiro atoms. The van der Waals surface area contributed by atoms with Crippen LogP contribution in [0.3, 0.4) is 0 Å². The third-order valence-electron chi connectivity index (χ3n) is 1.91. The number of halogens is 5. The van der Waals surface area contributed by atoms with Crippen LogP contribution in [0.15, 0.2) is 6.20 Å². The molecule has 0 amide bonds. The molecule has 1 atom stereocenters. The molecule has 3 N–H and O–H groups in total. The first-order chi connectivity index (χ1) is 6.88. The van der Waals surface area contributed by atoms with Gasteiger partial charge in [0.2, 0.25) is 6.43 Å². The van der Waals surface area contributed by atoms with Crippen molar-refractivity contribution in [1.29, 1.82) is 0 Å². The summed E-state index contributed by atoms with van der Waals surface area (Å²) in [7, 11) is 0. The molecule has 15 heavy (non-hydrogen) atoms.